The molecular weight excluding hydrogens is 352 g/mol. The van der Waals surface area contributed by atoms with Gasteiger partial charge in [0.05, 0.1) is 24.0 Å². The summed E-state index contributed by atoms with van der Waals surface area (Å²) in [5.74, 6) is -1.77. The number of carboxylic acid groups (broad SMARTS) is 1. The first-order chi connectivity index (χ1) is 11.9. The highest BCUT2D eigenvalue weighted by atomic mass is 32.2. The predicted octanol–water partition coefficient (Wildman–Crippen LogP) is 0.244. The molecule has 10 heteroatoms. The molecule has 0 spiro atoms. The molecule has 9 nitrogen and oxygen atoms in total. The average molecular weight is 372 g/mol. The van der Waals surface area contributed by atoms with Gasteiger partial charge in [-0.15, -0.1) is 0 Å². The number of hydrogen-bond acceptors (Lipinski definition) is 6. The zero-order chi connectivity index (χ0) is 18.0. The number of rotatable bonds is 4. The highest BCUT2D eigenvalue weighted by molar-refractivity contribution is 7.89. The van der Waals surface area contributed by atoms with E-state index in [9.17, 15) is 18.0 Å². The van der Waals surface area contributed by atoms with Gasteiger partial charge in [-0.3, -0.25) is 4.79 Å². The molecule has 2 aliphatic rings. The Balaban J connectivity index is 1.71. The van der Waals surface area contributed by atoms with Gasteiger partial charge < -0.3 is 19.2 Å². The number of hydrogen-bond donors (Lipinski definition) is 1. The molecule has 138 valence electrons. The first-order valence-corrected chi connectivity index (χ1v) is 9.57. The summed E-state index contributed by atoms with van der Waals surface area (Å²) < 4.78 is 37.2. The Morgan fingerprint density at radius 1 is 1.20 bits per heavy atom. The Labute approximate surface area is 145 Å². The fraction of sp³-hybridized carbons (Fsp3) is 0.600. The van der Waals surface area contributed by atoms with Crippen LogP contribution in [0.3, 0.4) is 0 Å². The van der Waals surface area contributed by atoms with Gasteiger partial charge in [0.1, 0.15) is 6.26 Å². The number of sulfonamides is 1. The first kappa shape index (κ1) is 17.9. The maximum absolute atomic E-state index is 12.8. The lowest BCUT2D eigenvalue weighted by atomic mass is 10.1. The highest BCUT2D eigenvalue weighted by Gasteiger charge is 2.38. The van der Waals surface area contributed by atoms with Gasteiger partial charge in [-0.1, -0.05) is 0 Å². The molecule has 3 rings (SSSR count). The summed E-state index contributed by atoms with van der Waals surface area (Å²) >= 11 is 0. The maximum atomic E-state index is 12.8. The van der Waals surface area contributed by atoms with E-state index < -0.39 is 27.1 Å². The van der Waals surface area contributed by atoms with Gasteiger partial charge in [-0.25, -0.2) is 13.2 Å². The van der Waals surface area contributed by atoms with Gasteiger partial charge in [0.25, 0.3) is 5.91 Å². The zero-order valence-corrected chi connectivity index (χ0v) is 14.4. The van der Waals surface area contributed by atoms with E-state index in [4.69, 9.17) is 14.3 Å². The monoisotopic (exact) mass is 372 g/mol. The van der Waals surface area contributed by atoms with E-state index in [-0.39, 0.29) is 17.9 Å². The van der Waals surface area contributed by atoms with Crippen LogP contribution >= 0.6 is 0 Å². The van der Waals surface area contributed by atoms with E-state index in [2.05, 4.69) is 0 Å². The first-order valence-electron chi connectivity index (χ1n) is 8.07. The van der Waals surface area contributed by atoms with Crippen molar-refractivity contribution in [3.05, 3.63) is 23.7 Å². The largest absolute Gasteiger partial charge is 0.478 e. The molecule has 0 radical (unpaired) electrons. The number of carbonyl (C=O) groups is 2. The number of piperidine rings is 1. The lowest BCUT2D eigenvalue weighted by molar-refractivity contribution is 0.0665. The smallest absolute Gasteiger partial charge is 0.338 e. The average Bonchev–Trinajstić information content (AvgIpc) is 3.12. The number of likely N-dealkylation sites (tertiary alicyclic amines) is 1. The van der Waals surface area contributed by atoms with Gasteiger partial charge in [0, 0.05) is 32.2 Å². The minimum Gasteiger partial charge on any atom is -0.478 e. The van der Waals surface area contributed by atoms with Gasteiger partial charge in [-0.05, 0) is 12.8 Å². The summed E-state index contributed by atoms with van der Waals surface area (Å²) in [5.41, 5.74) is -0.113. The van der Waals surface area contributed by atoms with E-state index >= 15 is 0 Å². The van der Waals surface area contributed by atoms with Crippen molar-refractivity contribution in [1.82, 2.24) is 9.21 Å². The van der Waals surface area contributed by atoms with Gasteiger partial charge in [0.2, 0.25) is 10.0 Å². The molecule has 1 amide bonds. The van der Waals surface area contributed by atoms with E-state index in [1.807, 2.05) is 0 Å². The molecule has 0 bridgehead atoms. The van der Waals surface area contributed by atoms with Crippen LogP contribution in [0.1, 0.15) is 33.8 Å². The highest BCUT2D eigenvalue weighted by Crippen LogP contribution is 2.23. The molecule has 1 atom stereocenters. The van der Waals surface area contributed by atoms with Crippen LogP contribution in [0.25, 0.3) is 0 Å². The number of aromatic carboxylic acids is 1. The number of ether oxygens (including phenoxy) is 1. The molecule has 1 aromatic rings. The van der Waals surface area contributed by atoms with Crippen molar-refractivity contribution in [2.75, 3.05) is 39.4 Å². The van der Waals surface area contributed by atoms with Crippen LogP contribution in [0, 0.1) is 0 Å². The summed E-state index contributed by atoms with van der Waals surface area (Å²) in [6.07, 6.45) is 2.05. The predicted molar refractivity (Wildman–Crippen MR) is 85.9 cm³/mol. The second-order valence-corrected chi connectivity index (χ2v) is 8.29. The van der Waals surface area contributed by atoms with Crippen LogP contribution in [0.2, 0.25) is 0 Å². The number of furan rings is 1. The van der Waals surface area contributed by atoms with Gasteiger partial charge in [-0.2, -0.15) is 4.31 Å². The summed E-state index contributed by atoms with van der Waals surface area (Å²) in [4.78, 5) is 24.8. The molecule has 1 aromatic heterocycles. The van der Waals surface area contributed by atoms with Crippen molar-refractivity contribution in [2.24, 2.45) is 0 Å². The molecule has 3 heterocycles. The summed E-state index contributed by atoms with van der Waals surface area (Å²) in [6, 6.07) is 1.16. The molecule has 2 fully saturated rings. The second kappa shape index (κ2) is 7.14. The Bertz CT molecular complexity index is 752. The van der Waals surface area contributed by atoms with Crippen LogP contribution in [0.4, 0.5) is 0 Å². The van der Waals surface area contributed by atoms with Crippen molar-refractivity contribution in [2.45, 2.75) is 18.1 Å². The molecule has 0 aliphatic carbocycles. The van der Waals surface area contributed by atoms with E-state index in [0.29, 0.717) is 45.7 Å². The number of carboxylic acids is 1. The topological polar surface area (TPSA) is 117 Å². The van der Waals surface area contributed by atoms with Gasteiger partial charge >= 0.3 is 5.97 Å². The number of carbonyl (C=O) groups excluding carboxylic acids is 1. The quantitative estimate of drug-likeness (QED) is 0.805. The van der Waals surface area contributed by atoms with E-state index in [1.165, 1.54) is 9.21 Å². The van der Waals surface area contributed by atoms with E-state index in [1.54, 1.807) is 0 Å². The van der Waals surface area contributed by atoms with E-state index in [0.717, 1.165) is 12.3 Å². The molecule has 1 unspecified atom stereocenters. The van der Waals surface area contributed by atoms with Gasteiger partial charge in [0.15, 0.2) is 5.76 Å². The van der Waals surface area contributed by atoms with Crippen molar-refractivity contribution in [3.63, 3.8) is 0 Å². The van der Waals surface area contributed by atoms with Crippen molar-refractivity contribution >= 4 is 21.9 Å². The molecule has 2 saturated heterocycles. The number of nitrogens with zero attached hydrogens (tertiary/aromatic N) is 2. The molecule has 25 heavy (non-hydrogen) atoms. The second-order valence-electron chi connectivity index (χ2n) is 6.08. The number of amides is 1. The lowest BCUT2D eigenvalue weighted by Crippen LogP contribution is -2.51. The van der Waals surface area contributed by atoms with Crippen LogP contribution in [0.15, 0.2) is 16.7 Å². The molecule has 2 aliphatic heterocycles. The molecule has 1 N–H and O–H groups in total. The Kier molecular flexibility index (Phi) is 5.11. The third-order valence-corrected chi connectivity index (χ3v) is 6.79. The minimum atomic E-state index is -3.51. The molecule has 0 saturated carbocycles. The summed E-state index contributed by atoms with van der Waals surface area (Å²) in [6.45, 7) is 1.89. The van der Waals surface area contributed by atoms with Crippen LogP contribution in [0.5, 0.6) is 0 Å². The molecule has 0 aromatic carbocycles. The fourth-order valence-corrected chi connectivity index (χ4v) is 5.01. The maximum Gasteiger partial charge on any atom is 0.338 e. The number of morpholine rings is 1. The zero-order valence-electron chi connectivity index (χ0n) is 13.6. The van der Waals surface area contributed by atoms with Crippen molar-refractivity contribution < 1.29 is 32.3 Å². The minimum absolute atomic E-state index is 0.0711. The normalized spacial score (nSPS) is 22.7. The van der Waals surface area contributed by atoms with Crippen LogP contribution in [-0.2, 0) is 14.8 Å². The third kappa shape index (κ3) is 3.70. The Morgan fingerprint density at radius 3 is 2.56 bits per heavy atom. The Morgan fingerprint density at radius 2 is 1.92 bits per heavy atom. The summed E-state index contributed by atoms with van der Waals surface area (Å²) in [7, 11) is -3.51. The van der Waals surface area contributed by atoms with Crippen LogP contribution in [-0.4, -0.2) is 79.2 Å². The third-order valence-electron chi connectivity index (χ3n) is 4.47. The lowest BCUT2D eigenvalue weighted by Gasteiger charge is -2.36. The molecular formula is C15H20N2O7S. The summed E-state index contributed by atoms with van der Waals surface area (Å²) in [5, 5.41) is 8.23. The van der Waals surface area contributed by atoms with Crippen molar-refractivity contribution in [1.29, 1.82) is 0 Å². The van der Waals surface area contributed by atoms with Crippen molar-refractivity contribution in [3.8, 4) is 0 Å². The fourth-order valence-electron chi connectivity index (χ4n) is 3.09. The standard InChI is InChI=1S/C15H20N2O7S/c18-14(13-8-11(10-24-13)15(19)20)16-3-1-2-12(9-16)25(21,22)17-4-6-23-7-5-17/h8,10,12H,1-7,9H2,(H,19,20). The SMILES string of the molecule is O=C(O)c1coc(C(=O)N2CCCC(S(=O)(=O)N3CCOCC3)C2)c1. The van der Waals surface area contributed by atoms with Crippen LogP contribution < -0.4 is 0 Å². The Hall–Kier alpha value is -1.91.